The molecule has 0 amide bonds. The van der Waals surface area contributed by atoms with Crippen molar-refractivity contribution in [2.24, 2.45) is 17.0 Å². The third-order valence-electron chi connectivity index (χ3n) is 4.74. The van der Waals surface area contributed by atoms with E-state index in [9.17, 15) is 12.8 Å². The normalized spacial score (nSPS) is 23.9. The second-order valence-corrected chi connectivity index (χ2v) is 7.61. The fraction of sp³-hybridized carbons (Fsp3) is 0.600. The number of nitrogens with two attached hydrogens (primary N) is 1. The molecule has 2 heterocycles. The molecule has 1 aromatic rings. The Morgan fingerprint density at radius 3 is 2.50 bits per heavy atom. The zero-order valence-electron chi connectivity index (χ0n) is 12.4. The fourth-order valence-electron chi connectivity index (χ4n) is 3.55. The smallest absolute Gasteiger partial charge is 0.240 e. The molecule has 122 valence electrons. The van der Waals surface area contributed by atoms with Crippen LogP contribution < -0.4 is 10.0 Å². The van der Waals surface area contributed by atoms with E-state index < -0.39 is 15.8 Å². The van der Waals surface area contributed by atoms with Crippen LogP contribution in [0.4, 0.5) is 10.1 Å². The highest BCUT2D eigenvalue weighted by Gasteiger charge is 2.31. The van der Waals surface area contributed by atoms with Crippen LogP contribution >= 0.6 is 0 Å². The molecule has 0 spiro atoms. The highest BCUT2D eigenvalue weighted by molar-refractivity contribution is 7.89. The summed E-state index contributed by atoms with van der Waals surface area (Å²) >= 11 is 0. The van der Waals surface area contributed by atoms with Gasteiger partial charge in [0.05, 0.1) is 5.69 Å². The Balaban J connectivity index is 1.79. The number of benzene rings is 1. The van der Waals surface area contributed by atoms with Crippen LogP contribution in [0, 0.1) is 17.7 Å². The van der Waals surface area contributed by atoms with Crippen molar-refractivity contribution in [2.75, 3.05) is 31.2 Å². The number of piperidine rings is 1. The van der Waals surface area contributed by atoms with Crippen LogP contribution in [-0.4, -0.2) is 34.7 Å². The van der Waals surface area contributed by atoms with Gasteiger partial charge in [0.1, 0.15) is 10.7 Å². The van der Waals surface area contributed by atoms with Gasteiger partial charge in [-0.2, -0.15) is 0 Å². The van der Waals surface area contributed by atoms with Gasteiger partial charge < -0.3 is 9.64 Å². The maximum atomic E-state index is 14.2. The molecule has 22 heavy (non-hydrogen) atoms. The first-order chi connectivity index (χ1) is 10.5. The van der Waals surface area contributed by atoms with Gasteiger partial charge in [-0.05, 0) is 43.2 Å². The minimum atomic E-state index is -3.94. The van der Waals surface area contributed by atoms with Crippen molar-refractivity contribution >= 4 is 15.7 Å². The average Bonchev–Trinajstić information content (AvgIpc) is 3.00. The molecule has 0 saturated carbocycles. The van der Waals surface area contributed by atoms with Gasteiger partial charge in [0, 0.05) is 26.3 Å². The van der Waals surface area contributed by atoms with Gasteiger partial charge in [0.25, 0.3) is 0 Å². The summed E-state index contributed by atoms with van der Waals surface area (Å²) in [6.45, 7) is 2.93. The molecule has 2 saturated heterocycles. The zero-order valence-corrected chi connectivity index (χ0v) is 13.2. The lowest BCUT2D eigenvalue weighted by Gasteiger charge is -2.36. The van der Waals surface area contributed by atoms with Crippen LogP contribution in [0.1, 0.15) is 19.3 Å². The van der Waals surface area contributed by atoms with Crippen LogP contribution in [0.25, 0.3) is 0 Å². The minimum Gasteiger partial charge on any atom is -0.381 e. The Hall–Kier alpha value is -1.18. The van der Waals surface area contributed by atoms with Crippen molar-refractivity contribution in [1.82, 2.24) is 0 Å². The third-order valence-corrected chi connectivity index (χ3v) is 5.69. The number of para-hydroxylation sites is 1. The Bertz CT molecular complexity index is 636. The third kappa shape index (κ3) is 3.11. The van der Waals surface area contributed by atoms with Crippen LogP contribution in [-0.2, 0) is 14.8 Å². The standard InChI is InChI=1S/C15H21FN2O3S/c16-13-2-1-3-14(22(17,19)20)15(13)18-7-4-11(5-8-18)12-6-9-21-10-12/h1-3,11-12H,4-10H2,(H2,17,19,20). The number of hydrogen-bond donors (Lipinski definition) is 1. The summed E-state index contributed by atoms with van der Waals surface area (Å²) in [4.78, 5) is 1.68. The molecule has 2 aliphatic heterocycles. The van der Waals surface area contributed by atoms with E-state index in [2.05, 4.69) is 0 Å². The predicted octanol–water partition coefficient (Wildman–Crippen LogP) is 1.73. The van der Waals surface area contributed by atoms with Gasteiger partial charge in [-0.1, -0.05) is 6.07 Å². The quantitative estimate of drug-likeness (QED) is 0.917. The maximum absolute atomic E-state index is 14.2. The van der Waals surface area contributed by atoms with E-state index in [1.54, 1.807) is 4.90 Å². The molecule has 2 N–H and O–H groups in total. The number of sulfonamides is 1. The highest BCUT2D eigenvalue weighted by Crippen LogP contribution is 2.35. The van der Waals surface area contributed by atoms with Gasteiger partial charge in [-0.3, -0.25) is 0 Å². The number of anilines is 1. The molecule has 0 aromatic heterocycles. The van der Waals surface area contributed by atoms with E-state index in [0.29, 0.717) is 24.9 Å². The summed E-state index contributed by atoms with van der Waals surface area (Å²) in [5.41, 5.74) is 0.117. The molecule has 1 unspecified atom stereocenters. The molecule has 2 fully saturated rings. The lowest BCUT2D eigenvalue weighted by Crippen LogP contribution is -2.37. The Labute approximate surface area is 130 Å². The summed E-state index contributed by atoms with van der Waals surface area (Å²) in [7, 11) is -3.94. The van der Waals surface area contributed by atoms with Gasteiger partial charge >= 0.3 is 0 Å². The average molecular weight is 328 g/mol. The van der Waals surface area contributed by atoms with Gasteiger partial charge in [-0.15, -0.1) is 0 Å². The molecule has 0 bridgehead atoms. The minimum absolute atomic E-state index is 0.117. The maximum Gasteiger partial charge on any atom is 0.240 e. The van der Waals surface area contributed by atoms with E-state index in [4.69, 9.17) is 9.88 Å². The lowest BCUT2D eigenvalue weighted by molar-refractivity contribution is 0.164. The lowest BCUT2D eigenvalue weighted by atomic mass is 9.84. The summed E-state index contributed by atoms with van der Waals surface area (Å²) in [6.07, 6.45) is 2.94. The number of rotatable bonds is 3. The Morgan fingerprint density at radius 1 is 1.18 bits per heavy atom. The van der Waals surface area contributed by atoms with Gasteiger partial charge in [0.2, 0.25) is 10.0 Å². The Kier molecular flexibility index (Phi) is 4.38. The summed E-state index contributed by atoms with van der Waals surface area (Å²) in [5, 5.41) is 5.22. The molecular formula is C15H21FN2O3S. The first-order valence-electron chi connectivity index (χ1n) is 7.61. The second-order valence-electron chi connectivity index (χ2n) is 6.08. The second kappa shape index (κ2) is 6.14. The van der Waals surface area contributed by atoms with Gasteiger partial charge in [0.15, 0.2) is 0 Å². The molecule has 3 rings (SSSR count). The van der Waals surface area contributed by atoms with E-state index in [-0.39, 0.29) is 10.6 Å². The number of primary sulfonamides is 1. The van der Waals surface area contributed by atoms with Gasteiger partial charge in [-0.25, -0.2) is 17.9 Å². The number of nitrogens with zero attached hydrogens (tertiary/aromatic N) is 1. The topological polar surface area (TPSA) is 72.6 Å². The number of ether oxygens (including phenoxy) is 1. The predicted molar refractivity (Wildman–Crippen MR) is 81.6 cm³/mol. The first kappa shape index (κ1) is 15.7. The van der Waals surface area contributed by atoms with Crippen molar-refractivity contribution in [1.29, 1.82) is 0 Å². The Morgan fingerprint density at radius 2 is 1.91 bits per heavy atom. The van der Waals surface area contributed by atoms with E-state index in [1.165, 1.54) is 18.2 Å². The SMILES string of the molecule is NS(=O)(=O)c1cccc(F)c1N1CCC(C2CCOC2)CC1. The molecule has 1 atom stereocenters. The molecule has 0 aliphatic carbocycles. The van der Waals surface area contributed by atoms with Crippen molar-refractivity contribution in [2.45, 2.75) is 24.2 Å². The van der Waals surface area contributed by atoms with Crippen LogP contribution in [0.15, 0.2) is 23.1 Å². The first-order valence-corrected chi connectivity index (χ1v) is 9.15. The number of halogens is 1. The van der Waals surface area contributed by atoms with E-state index in [1.807, 2.05) is 0 Å². The molecule has 1 aromatic carbocycles. The van der Waals surface area contributed by atoms with Crippen LogP contribution in [0.3, 0.4) is 0 Å². The zero-order chi connectivity index (χ0) is 15.7. The molecule has 2 aliphatic rings. The molecule has 5 nitrogen and oxygen atoms in total. The molecular weight excluding hydrogens is 307 g/mol. The number of hydrogen-bond acceptors (Lipinski definition) is 4. The van der Waals surface area contributed by atoms with Crippen molar-refractivity contribution in [3.05, 3.63) is 24.0 Å². The van der Waals surface area contributed by atoms with E-state index in [0.717, 1.165) is 32.5 Å². The molecule has 0 radical (unpaired) electrons. The summed E-state index contributed by atoms with van der Waals surface area (Å²) in [5.74, 6) is 0.623. The van der Waals surface area contributed by atoms with Crippen molar-refractivity contribution in [3.63, 3.8) is 0 Å². The summed E-state index contributed by atoms with van der Waals surface area (Å²) < 4.78 is 43.0. The van der Waals surface area contributed by atoms with Crippen LogP contribution in [0.2, 0.25) is 0 Å². The highest BCUT2D eigenvalue weighted by atomic mass is 32.2. The molecule has 7 heteroatoms. The summed E-state index contributed by atoms with van der Waals surface area (Å²) in [6, 6.07) is 4.02. The van der Waals surface area contributed by atoms with E-state index >= 15 is 0 Å². The monoisotopic (exact) mass is 328 g/mol. The largest absolute Gasteiger partial charge is 0.381 e. The van der Waals surface area contributed by atoms with Crippen molar-refractivity contribution < 1.29 is 17.5 Å². The van der Waals surface area contributed by atoms with Crippen molar-refractivity contribution in [3.8, 4) is 0 Å². The fourth-order valence-corrected chi connectivity index (χ4v) is 4.32. The van der Waals surface area contributed by atoms with Crippen LogP contribution in [0.5, 0.6) is 0 Å².